The molecule has 10 rings (SSSR count). The van der Waals surface area contributed by atoms with Crippen molar-refractivity contribution in [2.45, 2.75) is 38.5 Å². The molecule has 0 atom stereocenters. The van der Waals surface area contributed by atoms with Crippen LogP contribution in [0.5, 0.6) is 0 Å². The maximum Gasteiger partial charge on any atom is 0.164 e. The zero-order valence-electron chi connectivity index (χ0n) is 30.3. The number of rotatable bonds is 4. The molecule has 0 amide bonds. The Balaban J connectivity index is 1.18. The Bertz CT molecular complexity index is 2810. The third-order valence-corrected chi connectivity index (χ3v) is 12.0. The standard InChI is InChI=1S/C49H38N4/c1-48(2)38-28-25-31-15-11-12-20-36(31)42(38)44-39(49(48,3)4)29-30-41-43(44)37-21-13-14-22-40(37)53(41)35-26-23-34(24-27-35)47-51-45(32-16-7-5-8-17-32)50-46(52-47)33-18-9-6-10-19-33/h5-30H,1-4H3. The third kappa shape index (κ3) is 4.65. The molecule has 4 nitrogen and oxygen atoms in total. The largest absolute Gasteiger partial charge is 0.309 e. The van der Waals surface area contributed by atoms with Crippen molar-refractivity contribution in [3.8, 4) is 51.0 Å². The number of benzene rings is 7. The molecule has 254 valence electrons. The molecular formula is C49H38N4. The van der Waals surface area contributed by atoms with Gasteiger partial charge in [-0.2, -0.15) is 0 Å². The van der Waals surface area contributed by atoms with Crippen LogP contribution in [-0.2, 0) is 10.8 Å². The first-order chi connectivity index (χ1) is 25.8. The molecular weight excluding hydrogens is 645 g/mol. The highest BCUT2D eigenvalue weighted by Gasteiger charge is 2.47. The fraction of sp³-hybridized carbons (Fsp3) is 0.122. The van der Waals surface area contributed by atoms with E-state index in [1.165, 1.54) is 54.8 Å². The summed E-state index contributed by atoms with van der Waals surface area (Å²) in [6, 6.07) is 56.1. The van der Waals surface area contributed by atoms with Gasteiger partial charge in [-0.25, -0.2) is 15.0 Å². The predicted molar refractivity (Wildman–Crippen MR) is 219 cm³/mol. The average Bonchev–Trinajstić information content (AvgIpc) is 3.55. The van der Waals surface area contributed by atoms with Gasteiger partial charge in [-0.05, 0) is 80.3 Å². The quantitative estimate of drug-likeness (QED) is 0.186. The van der Waals surface area contributed by atoms with E-state index in [4.69, 9.17) is 15.0 Å². The second-order valence-electron chi connectivity index (χ2n) is 15.3. The number of fused-ring (bicyclic) bond motifs is 9. The van der Waals surface area contributed by atoms with Crippen LogP contribution in [-0.4, -0.2) is 19.5 Å². The topological polar surface area (TPSA) is 43.6 Å². The molecule has 0 aliphatic heterocycles. The predicted octanol–water partition coefficient (Wildman–Crippen LogP) is 12.4. The van der Waals surface area contributed by atoms with Gasteiger partial charge >= 0.3 is 0 Å². The highest BCUT2D eigenvalue weighted by Crippen LogP contribution is 2.58. The van der Waals surface area contributed by atoms with Crippen molar-refractivity contribution in [1.29, 1.82) is 0 Å². The van der Waals surface area contributed by atoms with Gasteiger partial charge in [0.2, 0.25) is 0 Å². The van der Waals surface area contributed by atoms with E-state index in [1.54, 1.807) is 0 Å². The van der Waals surface area contributed by atoms with Crippen molar-refractivity contribution >= 4 is 32.6 Å². The summed E-state index contributed by atoms with van der Waals surface area (Å²) in [6.45, 7) is 9.66. The van der Waals surface area contributed by atoms with E-state index in [9.17, 15) is 0 Å². The summed E-state index contributed by atoms with van der Waals surface area (Å²) in [6.07, 6.45) is 0. The van der Waals surface area contributed by atoms with Gasteiger partial charge in [0.25, 0.3) is 0 Å². The van der Waals surface area contributed by atoms with E-state index in [0.29, 0.717) is 17.5 Å². The maximum absolute atomic E-state index is 4.98. The van der Waals surface area contributed by atoms with Gasteiger partial charge in [0.05, 0.1) is 11.0 Å². The molecule has 9 aromatic rings. The first kappa shape index (κ1) is 31.4. The van der Waals surface area contributed by atoms with Crippen molar-refractivity contribution in [1.82, 2.24) is 19.5 Å². The molecule has 53 heavy (non-hydrogen) atoms. The smallest absolute Gasteiger partial charge is 0.164 e. The number of hydrogen-bond acceptors (Lipinski definition) is 3. The van der Waals surface area contributed by atoms with E-state index in [1.807, 2.05) is 60.7 Å². The molecule has 0 fully saturated rings. The number of para-hydroxylation sites is 1. The number of hydrogen-bond donors (Lipinski definition) is 0. The monoisotopic (exact) mass is 682 g/mol. The zero-order chi connectivity index (χ0) is 35.9. The van der Waals surface area contributed by atoms with E-state index >= 15 is 0 Å². The van der Waals surface area contributed by atoms with Crippen LogP contribution in [0.2, 0.25) is 0 Å². The first-order valence-electron chi connectivity index (χ1n) is 18.4. The molecule has 4 heteroatoms. The normalized spacial score (nSPS) is 14.3. The van der Waals surface area contributed by atoms with Crippen molar-refractivity contribution in [2.75, 3.05) is 0 Å². The molecule has 0 N–H and O–H groups in total. The number of nitrogens with zero attached hydrogens (tertiary/aromatic N) is 4. The van der Waals surface area contributed by atoms with Gasteiger partial charge in [-0.3, -0.25) is 0 Å². The van der Waals surface area contributed by atoms with Crippen molar-refractivity contribution < 1.29 is 0 Å². The third-order valence-electron chi connectivity index (χ3n) is 12.0. The van der Waals surface area contributed by atoms with Gasteiger partial charge in [-0.1, -0.05) is 149 Å². The average molecular weight is 683 g/mol. The van der Waals surface area contributed by atoms with Crippen LogP contribution in [0, 0.1) is 0 Å². The summed E-state index contributed by atoms with van der Waals surface area (Å²) < 4.78 is 2.42. The second kappa shape index (κ2) is 11.6. The van der Waals surface area contributed by atoms with Crippen LogP contribution in [0.4, 0.5) is 0 Å². The van der Waals surface area contributed by atoms with Gasteiger partial charge in [0.1, 0.15) is 0 Å². The molecule has 0 spiro atoms. The Labute approximate surface area is 309 Å². The minimum Gasteiger partial charge on any atom is -0.309 e. The SMILES string of the molecule is CC1(C)c2ccc3ccccc3c2-c2c(ccc3c2c2ccccc2n3-c2ccc(-c3nc(-c4ccccc4)nc(-c4ccccc4)n3)cc2)C1(C)C. The Morgan fingerprint density at radius 1 is 0.396 bits per heavy atom. The lowest BCUT2D eigenvalue weighted by molar-refractivity contribution is 0.300. The van der Waals surface area contributed by atoms with Gasteiger partial charge in [0.15, 0.2) is 17.5 Å². The molecule has 0 bridgehead atoms. The number of aromatic nitrogens is 4. The summed E-state index contributed by atoms with van der Waals surface area (Å²) in [5.74, 6) is 1.96. The van der Waals surface area contributed by atoms with Crippen molar-refractivity contribution in [2.24, 2.45) is 0 Å². The van der Waals surface area contributed by atoms with Crippen LogP contribution in [0.15, 0.2) is 158 Å². The minimum absolute atomic E-state index is 0.0724. The fourth-order valence-corrected chi connectivity index (χ4v) is 8.55. The minimum atomic E-state index is -0.0986. The Morgan fingerprint density at radius 2 is 0.887 bits per heavy atom. The first-order valence-corrected chi connectivity index (χ1v) is 18.4. The summed E-state index contributed by atoms with van der Waals surface area (Å²) in [4.78, 5) is 14.9. The summed E-state index contributed by atoms with van der Waals surface area (Å²) >= 11 is 0. The molecule has 0 saturated carbocycles. The second-order valence-corrected chi connectivity index (χ2v) is 15.3. The van der Waals surface area contributed by atoms with Gasteiger partial charge < -0.3 is 4.57 Å². The van der Waals surface area contributed by atoms with E-state index < -0.39 is 0 Å². The Hall–Kier alpha value is -6.39. The van der Waals surface area contributed by atoms with E-state index in [2.05, 4.69) is 129 Å². The highest BCUT2D eigenvalue weighted by molar-refractivity contribution is 6.20. The van der Waals surface area contributed by atoms with Gasteiger partial charge in [-0.15, -0.1) is 0 Å². The van der Waals surface area contributed by atoms with Crippen LogP contribution < -0.4 is 0 Å². The Kier molecular flexibility index (Phi) is 6.84. The lowest BCUT2D eigenvalue weighted by Gasteiger charge is -2.48. The lowest BCUT2D eigenvalue weighted by Crippen LogP contribution is -2.43. The maximum atomic E-state index is 4.98. The molecule has 1 aliphatic rings. The molecule has 0 saturated heterocycles. The van der Waals surface area contributed by atoms with E-state index in [0.717, 1.165) is 22.4 Å². The summed E-state index contributed by atoms with van der Waals surface area (Å²) in [7, 11) is 0. The molecule has 0 unspecified atom stereocenters. The fourth-order valence-electron chi connectivity index (χ4n) is 8.55. The van der Waals surface area contributed by atoms with Gasteiger partial charge in [0, 0.05) is 33.2 Å². The molecule has 1 aliphatic carbocycles. The van der Waals surface area contributed by atoms with Crippen LogP contribution >= 0.6 is 0 Å². The highest BCUT2D eigenvalue weighted by atomic mass is 15.0. The molecule has 2 aromatic heterocycles. The van der Waals surface area contributed by atoms with Crippen molar-refractivity contribution in [3.05, 3.63) is 169 Å². The van der Waals surface area contributed by atoms with Crippen LogP contribution in [0.1, 0.15) is 38.8 Å². The van der Waals surface area contributed by atoms with Crippen LogP contribution in [0.3, 0.4) is 0 Å². The summed E-state index contributed by atoms with van der Waals surface area (Å²) in [5, 5.41) is 5.15. The van der Waals surface area contributed by atoms with Crippen molar-refractivity contribution in [3.63, 3.8) is 0 Å². The molecule has 0 radical (unpaired) electrons. The summed E-state index contributed by atoms with van der Waals surface area (Å²) in [5.41, 5.74) is 11.7. The molecule has 7 aromatic carbocycles. The lowest BCUT2D eigenvalue weighted by atomic mass is 9.54. The van der Waals surface area contributed by atoms with Crippen LogP contribution in [0.25, 0.3) is 83.6 Å². The molecule has 2 heterocycles. The van der Waals surface area contributed by atoms with E-state index in [-0.39, 0.29) is 10.8 Å². The Morgan fingerprint density at radius 3 is 1.51 bits per heavy atom. The zero-order valence-corrected chi connectivity index (χ0v) is 30.3.